The lowest BCUT2D eigenvalue weighted by atomic mass is 9.92. The number of aliphatic hydroxyl groups is 1. The Morgan fingerprint density at radius 1 is 1.03 bits per heavy atom. The SMILES string of the molecule is CS(=O)(=O)c1ccc2c(c1)CN(C(=O)[O-])C2C(=O)Nc1ccc(C(O)(C(F)(F)F)C(F)(F)F)cc1. The van der Waals surface area contributed by atoms with Crippen molar-refractivity contribution in [2.24, 2.45) is 0 Å². The van der Waals surface area contributed by atoms with Crippen LogP contribution in [0.15, 0.2) is 47.4 Å². The van der Waals surface area contributed by atoms with E-state index >= 15 is 0 Å². The van der Waals surface area contributed by atoms with Crippen molar-refractivity contribution in [3.05, 3.63) is 59.2 Å². The highest BCUT2D eigenvalue weighted by atomic mass is 32.2. The standard InChI is InChI=1S/C20H16F6N2O6S/c1-35(33,34)13-6-7-14-10(8-13)9-28(17(30)31)15(14)16(29)27-12-4-2-11(3-5-12)18(32,19(21,22)23)20(24,25)26/h2-8,15,32H,9H2,1H3,(H,27,29)(H,30,31)/p-1. The van der Waals surface area contributed by atoms with Gasteiger partial charge in [-0.15, -0.1) is 0 Å². The van der Waals surface area contributed by atoms with Gasteiger partial charge in [-0.2, -0.15) is 26.3 Å². The van der Waals surface area contributed by atoms with Crippen molar-refractivity contribution in [1.29, 1.82) is 0 Å². The van der Waals surface area contributed by atoms with Crippen LogP contribution in [0.2, 0.25) is 0 Å². The van der Waals surface area contributed by atoms with Gasteiger partial charge in [0.25, 0.3) is 11.5 Å². The Bertz CT molecular complexity index is 1260. The van der Waals surface area contributed by atoms with Gasteiger partial charge in [0.15, 0.2) is 9.84 Å². The number of alkyl halides is 6. The summed E-state index contributed by atoms with van der Waals surface area (Å²) in [6.45, 7) is -0.401. The monoisotopic (exact) mass is 525 g/mol. The number of hydrogen-bond donors (Lipinski definition) is 2. The van der Waals surface area contributed by atoms with E-state index in [0.717, 1.165) is 12.3 Å². The van der Waals surface area contributed by atoms with E-state index in [1.54, 1.807) is 0 Å². The molecule has 0 fully saturated rings. The topological polar surface area (TPSA) is 127 Å². The molecule has 2 aromatic carbocycles. The van der Waals surface area contributed by atoms with Gasteiger partial charge in [-0.3, -0.25) is 4.79 Å². The van der Waals surface area contributed by atoms with E-state index in [9.17, 15) is 54.6 Å². The maximum atomic E-state index is 13.0. The molecule has 190 valence electrons. The number of fused-ring (bicyclic) bond motifs is 1. The van der Waals surface area contributed by atoms with Crippen LogP contribution in [0.25, 0.3) is 0 Å². The number of halogens is 6. The van der Waals surface area contributed by atoms with Crippen molar-refractivity contribution in [3.63, 3.8) is 0 Å². The molecule has 0 radical (unpaired) electrons. The Balaban J connectivity index is 1.92. The molecule has 0 bridgehead atoms. The fourth-order valence-corrected chi connectivity index (χ4v) is 4.28. The lowest BCUT2D eigenvalue weighted by molar-refractivity contribution is -0.376. The number of carbonyl (C=O) groups is 2. The minimum absolute atomic E-state index is 0.110. The molecule has 2 amide bonds. The predicted molar refractivity (Wildman–Crippen MR) is 104 cm³/mol. The van der Waals surface area contributed by atoms with Gasteiger partial charge >= 0.3 is 12.4 Å². The summed E-state index contributed by atoms with van der Waals surface area (Å²) in [6, 6.07) is 3.97. The Morgan fingerprint density at radius 3 is 2.03 bits per heavy atom. The molecule has 2 N–H and O–H groups in total. The minimum Gasteiger partial charge on any atom is -0.530 e. The van der Waals surface area contributed by atoms with Gasteiger partial charge in [0.05, 0.1) is 4.90 Å². The number of benzene rings is 2. The summed E-state index contributed by atoms with van der Waals surface area (Å²) >= 11 is 0. The number of carboxylic acid groups (broad SMARTS) is 1. The zero-order valence-electron chi connectivity index (χ0n) is 17.4. The van der Waals surface area contributed by atoms with E-state index < -0.39 is 57.9 Å². The number of rotatable bonds is 4. The van der Waals surface area contributed by atoms with Crippen LogP contribution in [0.4, 0.5) is 36.8 Å². The number of nitrogens with zero attached hydrogens (tertiary/aromatic N) is 1. The highest BCUT2D eigenvalue weighted by Crippen LogP contribution is 2.50. The second kappa shape index (κ2) is 8.41. The highest BCUT2D eigenvalue weighted by Gasteiger charge is 2.71. The summed E-state index contributed by atoms with van der Waals surface area (Å²) in [5.74, 6) is -1.03. The molecule has 1 aliphatic rings. The fourth-order valence-electron chi connectivity index (χ4n) is 3.61. The van der Waals surface area contributed by atoms with E-state index in [4.69, 9.17) is 0 Å². The number of carbonyl (C=O) groups excluding carboxylic acids is 2. The first kappa shape index (κ1) is 26.3. The zero-order valence-corrected chi connectivity index (χ0v) is 18.3. The highest BCUT2D eigenvalue weighted by molar-refractivity contribution is 7.90. The van der Waals surface area contributed by atoms with Crippen molar-refractivity contribution >= 4 is 27.5 Å². The molecule has 1 heterocycles. The second-order valence-corrected chi connectivity index (χ2v) is 9.72. The molecule has 1 unspecified atom stereocenters. The average Bonchev–Trinajstić information content (AvgIpc) is 3.10. The van der Waals surface area contributed by atoms with Crippen LogP contribution in [-0.4, -0.2) is 49.0 Å². The fraction of sp³-hybridized carbons (Fsp3) is 0.300. The first-order valence-electron chi connectivity index (χ1n) is 9.45. The third kappa shape index (κ3) is 4.65. The third-order valence-electron chi connectivity index (χ3n) is 5.36. The average molecular weight is 525 g/mol. The van der Waals surface area contributed by atoms with Gasteiger partial charge in [0.2, 0.25) is 0 Å². The number of hydrogen-bond acceptors (Lipinski definition) is 6. The van der Waals surface area contributed by atoms with Crippen molar-refractivity contribution in [3.8, 4) is 0 Å². The Morgan fingerprint density at radius 2 is 1.57 bits per heavy atom. The summed E-state index contributed by atoms with van der Waals surface area (Å²) in [5.41, 5.74) is -6.71. The van der Waals surface area contributed by atoms with Gasteiger partial charge in [-0.1, -0.05) is 18.2 Å². The third-order valence-corrected chi connectivity index (χ3v) is 6.47. The smallest absolute Gasteiger partial charge is 0.430 e. The Labute approximate surface area is 193 Å². The van der Waals surface area contributed by atoms with Crippen LogP contribution in [0.1, 0.15) is 22.7 Å². The predicted octanol–water partition coefficient (Wildman–Crippen LogP) is 2.24. The van der Waals surface area contributed by atoms with E-state index in [1.165, 1.54) is 12.1 Å². The summed E-state index contributed by atoms with van der Waals surface area (Å²) in [5, 5.41) is 23.1. The van der Waals surface area contributed by atoms with E-state index in [2.05, 4.69) is 5.32 Å². The Kier molecular flexibility index (Phi) is 6.31. The van der Waals surface area contributed by atoms with E-state index in [0.29, 0.717) is 29.2 Å². The number of sulfone groups is 1. The van der Waals surface area contributed by atoms with Crippen LogP contribution in [0, 0.1) is 0 Å². The van der Waals surface area contributed by atoms with Gasteiger partial charge in [-0.05, 0) is 35.4 Å². The van der Waals surface area contributed by atoms with Crippen LogP contribution >= 0.6 is 0 Å². The molecule has 0 saturated carbocycles. The van der Waals surface area contributed by atoms with Crippen molar-refractivity contribution in [1.82, 2.24) is 4.90 Å². The van der Waals surface area contributed by atoms with Crippen molar-refractivity contribution in [2.75, 3.05) is 11.6 Å². The van der Waals surface area contributed by atoms with Crippen molar-refractivity contribution in [2.45, 2.75) is 35.4 Å². The normalized spacial score (nSPS) is 16.7. The maximum Gasteiger partial charge on any atom is 0.430 e. The summed E-state index contributed by atoms with van der Waals surface area (Å²) in [6.07, 6.45) is -13.0. The largest absolute Gasteiger partial charge is 0.530 e. The molecule has 0 aliphatic carbocycles. The van der Waals surface area contributed by atoms with Crippen LogP contribution in [0.3, 0.4) is 0 Å². The quantitative estimate of drug-likeness (QED) is 0.590. The minimum atomic E-state index is -6.09. The number of amides is 2. The van der Waals surface area contributed by atoms with E-state index in [1.807, 2.05) is 0 Å². The first-order valence-corrected chi connectivity index (χ1v) is 11.3. The van der Waals surface area contributed by atoms with Crippen molar-refractivity contribution < 1.29 is 54.6 Å². The van der Waals surface area contributed by atoms with Gasteiger partial charge < -0.3 is 25.2 Å². The molecule has 8 nitrogen and oxygen atoms in total. The van der Waals surface area contributed by atoms with Gasteiger partial charge in [0, 0.05) is 24.1 Å². The molecule has 3 rings (SSSR count). The maximum absolute atomic E-state index is 13.0. The number of anilines is 1. The lowest BCUT2D eigenvalue weighted by Gasteiger charge is -2.32. The molecule has 35 heavy (non-hydrogen) atoms. The van der Waals surface area contributed by atoms with Crippen LogP contribution < -0.4 is 10.4 Å². The van der Waals surface area contributed by atoms with Gasteiger partial charge in [-0.25, -0.2) is 8.42 Å². The molecule has 0 saturated heterocycles. The molecule has 15 heteroatoms. The Hall–Kier alpha value is -3.33. The van der Waals surface area contributed by atoms with Gasteiger partial charge in [0.1, 0.15) is 12.1 Å². The summed E-state index contributed by atoms with van der Waals surface area (Å²) < 4.78 is 102. The molecule has 0 aromatic heterocycles. The van der Waals surface area contributed by atoms with E-state index in [-0.39, 0.29) is 21.7 Å². The summed E-state index contributed by atoms with van der Waals surface area (Å²) in [7, 11) is -3.65. The molecule has 1 atom stereocenters. The zero-order chi connectivity index (χ0) is 26.6. The summed E-state index contributed by atoms with van der Waals surface area (Å²) in [4.78, 5) is 24.8. The molecule has 0 spiro atoms. The van der Waals surface area contributed by atoms with Crippen LogP contribution in [0.5, 0.6) is 0 Å². The first-order chi connectivity index (χ1) is 15.9. The molecule has 2 aromatic rings. The number of nitrogens with one attached hydrogen (secondary N) is 1. The molecular formula is C20H15F6N2O6S-. The lowest BCUT2D eigenvalue weighted by Crippen LogP contribution is -2.53. The molecular weight excluding hydrogens is 510 g/mol. The molecule has 1 aliphatic heterocycles. The second-order valence-electron chi connectivity index (χ2n) is 7.70. The van der Waals surface area contributed by atoms with Crippen LogP contribution in [-0.2, 0) is 26.8 Å².